The maximum absolute atomic E-state index is 9.83. The number of aryl methyl sites for hydroxylation is 1. The molecule has 0 aliphatic heterocycles. The lowest BCUT2D eigenvalue weighted by molar-refractivity contribution is 0.459. The van der Waals surface area contributed by atoms with Gasteiger partial charge in [-0.05, 0) is 72.0 Å². The highest BCUT2D eigenvalue weighted by molar-refractivity contribution is 6.11. The lowest BCUT2D eigenvalue weighted by atomic mass is 9.92. The Morgan fingerprint density at radius 1 is 0.815 bits per heavy atom. The van der Waals surface area contributed by atoms with Crippen LogP contribution < -0.4 is 5.32 Å². The van der Waals surface area contributed by atoms with E-state index in [9.17, 15) is 5.26 Å². The minimum Gasteiger partial charge on any atom is -0.460 e. The number of nitriles is 1. The molecule has 2 heterocycles. The first-order valence-electron chi connectivity index (χ1n) is 18.8. The van der Waals surface area contributed by atoms with Crippen LogP contribution in [0.25, 0.3) is 55.7 Å². The summed E-state index contributed by atoms with van der Waals surface area (Å²) in [7, 11) is 0. The van der Waals surface area contributed by atoms with E-state index >= 15 is 0 Å². The summed E-state index contributed by atoms with van der Waals surface area (Å²) in [5.74, 6) is 2.21. The average molecular weight is 701 g/mol. The molecule has 5 heteroatoms. The third-order valence-corrected chi connectivity index (χ3v) is 10.9. The first kappa shape index (κ1) is 33.2. The summed E-state index contributed by atoms with van der Waals surface area (Å²) in [5.41, 5.74) is 11.3. The number of para-hydroxylation sites is 2. The van der Waals surface area contributed by atoms with Gasteiger partial charge in [-0.1, -0.05) is 123 Å². The third-order valence-electron chi connectivity index (χ3n) is 10.9. The van der Waals surface area contributed by atoms with Crippen LogP contribution in [0.1, 0.15) is 60.7 Å². The number of anilines is 1. The maximum Gasteiger partial charge on any atom is 0.142 e. The number of nitrogens with zero attached hydrogens (tertiary/aromatic N) is 3. The van der Waals surface area contributed by atoms with Crippen LogP contribution in [0, 0.1) is 17.2 Å². The predicted molar refractivity (Wildman–Crippen MR) is 223 cm³/mol. The fourth-order valence-corrected chi connectivity index (χ4v) is 7.88. The van der Waals surface area contributed by atoms with Crippen molar-refractivity contribution in [2.75, 3.05) is 5.32 Å². The molecule has 0 bridgehead atoms. The van der Waals surface area contributed by atoms with Gasteiger partial charge in [-0.25, -0.2) is 0 Å². The Morgan fingerprint density at radius 2 is 1.61 bits per heavy atom. The number of hydrogen-bond donors (Lipinski definition) is 1. The molecule has 6 aromatic carbocycles. The van der Waals surface area contributed by atoms with Crippen molar-refractivity contribution in [2.24, 2.45) is 10.9 Å². The number of hydrogen-bond acceptors (Lipinski definition) is 3. The lowest BCUT2D eigenvalue weighted by Gasteiger charge is -2.22. The number of allylic oxidation sites excluding steroid dienone is 1. The molecule has 0 spiro atoms. The zero-order chi connectivity index (χ0) is 36.6. The zero-order valence-corrected chi connectivity index (χ0v) is 30.5. The zero-order valence-electron chi connectivity index (χ0n) is 30.5. The molecule has 0 saturated heterocycles. The second-order valence-corrected chi connectivity index (χ2v) is 14.2. The van der Waals surface area contributed by atoms with Crippen LogP contribution in [0.3, 0.4) is 0 Å². The molecule has 1 aliphatic rings. The van der Waals surface area contributed by atoms with Gasteiger partial charge in [0.25, 0.3) is 0 Å². The molecule has 5 nitrogen and oxygen atoms in total. The molecule has 2 aromatic heterocycles. The Hall–Kier alpha value is -6.64. The Balaban J connectivity index is 1.17. The summed E-state index contributed by atoms with van der Waals surface area (Å²) in [6, 6.07) is 50.9. The van der Waals surface area contributed by atoms with E-state index < -0.39 is 0 Å². The van der Waals surface area contributed by atoms with Crippen LogP contribution in [-0.4, -0.2) is 10.4 Å². The van der Waals surface area contributed by atoms with Crippen molar-refractivity contribution in [1.29, 1.82) is 5.26 Å². The summed E-state index contributed by atoms with van der Waals surface area (Å²) < 4.78 is 8.86. The number of rotatable bonds is 8. The number of nitrogens with one attached hydrogen (secondary N) is 1. The van der Waals surface area contributed by atoms with E-state index in [-0.39, 0.29) is 6.04 Å². The van der Waals surface area contributed by atoms with Gasteiger partial charge in [0, 0.05) is 50.6 Å². The maximum atomic E-state index is 9.83. The molecule has 0 fully saturated rings. The highest BCUT2D eigenvalue weighted by Crippen LogP contribution is 2.40. The minimum absolute atomic E-state index is 0.0622. The number of aromatic nitrogens is 1. The van der Waals surface area contributed by atoms with E-state index in [2.05, 4.69) is 145 Å². The lowest BCUT2D eigenvalue weighted by Crippen LogP contribution is -2.18. The normalized spacial score (nSPS) is 13.9. The molecular weight excluding hydrogens is 661 g/mol. The van der Waals surface area contributed by atoms with Crippen molar-refractivity contribution in [1.82, 2.24) is 4.57 Å². The van der Waals surface area contributed by atoms with Gasteiger partial charge in [-0.3, -0.25) is 4.99 Å². The fraction of sp³-hybridized carbons (Fsp3) is 0.143. The number of benzene rings is 6. The molecule has 0 radical (unpaired) electrons. The largest absolute Gasteiger partial charge is 0.460 e. The molecule has 9 rings (SSSR count). The van der Waals surface area contributed by atoms with Gasteiger partial charge in [-0.2, -0.15) is 5.26 Å². The van der Waals surface area contributed by atoms with Gasteiger partial charge in [0.1, 0.15) is 17.2 Å². The second kappa shape index (κ2) is 14.1. The standard InChI is InChI=1S/C49H40N4O/c1-3-32(2)47(52-49(35-13-6-4-7-14-35)51-37-15-8-5-9-16-37)34-22-25-38(26-23-34)53-44-28-21-33(31-50)29-43(44)40-27-24-36(30-45(40)53)39-18-12-19-42-41-17-10-11-20-46(41)54-48(39)42/h4-10,12-19,21-30,32,47H,3,11,20H2,1-2H3,(H,51,52). The minimum atomic E-state index is -0.0622. The Kier molecular flexibility index (Phi) is 8.65. The van der Waals surface area contributed by atoms with Crippen LogP contribution in [0.4, 0.5) is 5.69 Å². The van der Waals surface area contributed by atoms with Crippen molar-refractivity contribution in [3.63, 3.8) is 0 Å². The highest BCUT2D eigenvalue weighted by atomic mass is 16.3. The Bertz CT molecular complexity index is 2750. The summed E-state index contributed by atoms with van der Waals surface area (Å²) in [5, 5.41) is 16.8. The van der Waals surface area contributed by atoms with Crippen LogP contribution in [0.5, 0.6) is 0 Å². The summed E-state index contributed by atoms with van der Waals surface area (Å²) in [6.45, 7) is 4.51. The van der Waals surface area contributed by atoms with Crippen molar-refractivity contribution in [3.05, 3.63) is 174 Å². The highest BCUT2D eigenvalue weighted by Gasteiger charge is 2.22. The summed E-state index contributed by atoms with van der Waals surface area (Å²) >= 11 is 0. The molecule has 0 amide bonds. The molecule has 54 heavy (non-hydrogen) atoms. The van der Waals surface area contributed by atoms with Crippen molar-refractivity contribution in [3.8, 4) is 22.9 Å². The van der Waals surface area contributed by atoms with Crippen LogP contribution >= 0.6 is 0 Å². The van der Waals surface area contributed by atoms with Crippen LogP contribution in [-0.2, 0) is 6.42 Å². The number of amidine groups is 1. The monoisotopic (exact) mass is 700 g/mol. The third kappa shape index (κ3) is 5.96. The SMILES string of the molecule is CCC(C)C(N=C(Nc1ccccc1)c1ccccc1)c1ccc(-n2c3ccc(C#N)cc3c3ccc(-c4cccc5c6c(oc45)CCC=C6)cc32)cc1. The Morgan fingerprint density at radius 3 is 2.39 bits per heavy atom. The van der Waals surface area contributed by atoms with Crippen LogP contribution in [0.15, 0.2) is 155 Å². The van der Waals surface area contributed by atoms with Gasteiger partial charge in [0.15, 0.2) is 0 Å². The first-order chi connectivity index (χ1) is 26.6. The molecule has 8 aromatic rings. The molecular formula is C49H40N4O. The van der Waals surface area contributed by atoms with Gasteiger partial charge in [0.2, 0.25) is 0 Å². The van der Waals surface area contributed by atoms with Crippen molar-refractivity contribution >= 4 is 50.4 Å². The fourth-order valence-electron chi connectivity index (χ4n) is 7.88. The first-order valence-corrected chi connectivity index (χ1v) is 18.8. The van der Waals surface area contributed by atoms with Gasteiger partial charge >= 0.3 is 0 Å². The van der Waals surface area contributed by atoms with E-state index in [1.165, 1.54) is 5.56 Å². The molecule has 262 valence electrons. The van der Waals surface area contributed by atoms with Crippen molar-refractivity contribution in [2.45, 2.75) is 39.2 Å². The summed E-state index contributed by atoms with van der Waals surface area (Å²) in [4.78, 5) is 5.44. The van der Waals surface area contributed by atoms with Gasteiger partial charge < -0.3 is 14.3 Å². The smallest absolute Gasteiger partial charge is 0.142 e. The molecule has 1 N–H and O–H groups in total. The topological polar surface area (TPSA) is 66.2 Å². The second-order valence-electron chi connectivity index (χ2n) is 14.2. The summed E-state index contributed by atoms with van der Waals surface area (Å²) in [6.07, 6.45) is 7.34. The van der Waals surface area contributed by atoms with Crippen LogP contribution in [0.2, 0.25) is 0 Å². The molecule has 1 aliphatic carbocycles. The quantitative estimate of drug-likeness (QED) is 0.127. The van der Waals surface area contributed by atoms with Crippen molar-refractivity contribution < 1.29 is 4.42 Å². The van der Waals surface area contributed by atoms with E-state index in [1.54, 1.807) is 0 Å². The number of fused-ring (bicyclic) bond motifs is 6. The van der Waals surface area contributed by atoms with E-state index in [4.69, 9.17) is 9.41 Å². The Labute approximate surface area is 315 Å². The number of aliphatic imine (C=N–C) groups is 1. The van der Waals surface area contributed by atoms with E-state index in [0.29, 0.717) is 11.5 Å². The molecule has 0 saturated carbocycles. The van der Waals surface area contributed by atoms with E-state index in [1.807, 2.05) is 36.4 Å². The molecule has 2 unspecified atom stereocenters. The molecule has 2 atom stereocenters. The van der Waals surface area contributed by atoms with Gasteiger partial charge in [-0.15, -0.1) is 0 Å². The van der Waals surface area contributed by atoms with E-state index in [0.717, 1.165) is 97.3 Å². The average Bonchev–Trinajstić information content (AvgIpc) is 3.78. The van der Waals surface area contributed by atoms with Gasteiger partial charge in [0.05, 0.1) is 28.7 Å². The number of furan rings is 1. The predicted octanol–water partition coefficient (Wildman–Crippen LogP) is 12.7.